The van der Waals surface area contributed by atoms with Gasteiger partial charge in [0.05, 0.1) is 0 Å². The fourth-order valence-electron chi connectivity index (χ4n) is 2.74. The second-order valence-corrected chi connectivity index (χ2v) is 5.45. The fraction of sp³-hybridized carbons (Fsp3) is 0.467. The fourth-order valence-corrected chi connectivity index (χ4v) is 2.74. The van der Waals surface area contributed by atoms with Crippen molar-refractivity contribution in [2.45, 2.75) is 44.8 Å². The molecule has 2 heterocycles. The molecule has 20 heavy (non-hydrogen) atoms. The molecule has 2 aliphatic heterocycles. The van der Waals surface area contributed by atoms with Crippen molar-refractivity contribution in [2.24, 2.45) is 0 Å². The first kappa shape index (κ1) is 13.0. The van der Waals surface area contributed by atoms with E-state index in [0.29, 0.717) is 12.8 Å². The first-order valence-corrected chi connectivity index (χ1v) is 7.01. The molecule has 0 saturated carbocycles. The van der Waals surface area contributed by atoms with Gasteiger partial charge in [-0.1, -0.05) is 0 Å². The molecule has 0 spiro atoms. The minimum absolute atomic E-state index is 0.0277. The van der Waals surface area contributed by atoms with Crippen LogP contribution in [0.1, 0.15) is 31.7 Å². The number of hydrogen-bond donors (Lipinski definition) is 2. The highest BCUT2D eigenvalue weighted by Crippen LogP contribution is 2.27. The van der Waals surface area contributed by atoms with Gasteiger partial charge in [-0.15, -0.1) is 0 Å². The van der Waals surface area contributed by atoms with Crippen LogP contribution in [-0.4, -0.2) is 24.0 Å². The van der Waals surface area contributed by atoms with E-state index in [0.717, 1.165) is 29.8 Å². The van der Waals surface area contributed by atoms with Crippen LogP contribution in [0.2, 0.25) is 0 Å². The van der Waals surface area contributed by atoms with E-state index >= 15 is 0 Å². The Labute approximate surface area is 117 Å². The van der Waals surface area contributed by atoms with Crippen molar-refractivity contribution in [3.63, 3.8) is 0 Å². The molecule has 1 amide bonds. The Morgan fingerprint density at radius 1 is 1.30 bits per heavy atom. The van der Waals surface area contributed by atoms with Crippen LogP contribution in [0.15, 0.2) is 18.2 Å². The largest absolute Gasteiger partial charge is 0.461 e. The molecule has 2 aliphatic rings. The Bertz CT molecular complexity index is 556. The van der Waals surface area contributed by atoms with Crippen LogP contribution in [0.25, 0.3) is 0 Å². The second-order valence-electron chi connectivity index (χ2n) is 5.45. The van der Waals surface area contributed by atoms with Crippen LogP contribution >= 0.6 is 0 Å². The zero-order valence-electron chi connectivity index (χ0n) is 11.4. The summed E-state index contributed by atoms with van der Waals surface area (Å²) in [6, 6.07) is 5.52. The number of amides is 1. The molecule has 2 N–H and O–H groups in total. The third-order valence-electron chi connectivity index (χ3n) is 3.74. The number of rotatable bonds is 2. The Balaban J connectivity index is 1.77. The highest BCUT2D eigenvalue weighted by molar-refractivity contribution is 5.92. The Morgan fingerprint density at radius 2 is 2.15 bits per heavy atom. The first-order chi connectivity index (χ1) is 9.61. The maximum absolute atomic E-state index is 11.6. The lowest BCUT2D eigenvalue weighted by molar-refractivity contribution is -0.141. The van der Waals surface area contributed by atoms with Crippen molar-refractivity contribution in [3.05, 3.63) is 23.8 Å². The molecule has 1 aromatic carbocycles. The minimum atomic E-state index is -0.275. The summed E-state index contributed by atoms with van der Waals surface area (Å²) in [5, 5.41) is 6.12. The van der Waals surface area contributed by atoms with Gasteiger partial charge >= 0.3 is 5.97 Å². The van der Waals surface area contributed by atoms with Gasteiger partial charge in [-0.05, 0) is 43.5 Å². The number of esters is 1. The van der Waals surface area contributed by atoms with Crippen LogP contribution in [0.4, 0.5) is 11.4 Å². The van der Waals surface area contributed by atoms with Gasteiger partial charge in [0, 0.05) is 24.2 Å². The third kappa shape index (κ3) is 2.61. The molecule has 0 unspecified atom stereocenters. The summed E-state index contributed by atoms with van der Waals surface area (Å²) in [7, 11) is 0. The van der Waals surface area contributed by atoms with E-state index in [1.165, 1.54) is 0 Å². The van der Waals surface area contributed by atoms with E-state index < -0.39 is 0 Å². The van der Waals surface area contributed by atoms with E-state index in [2.05, 4.69) is 10.6 Å². The van der Waals surface area contributed by atoms with Gasteiger partial charge in [-0.25, -0.2) is 4.79 Å². The molecule has 3 rings (SSSR count). The lowest BCUT2D eigenvalue weighted by Crippen LogP contribution is -2.24. The normalized spacial score (nSPS) is 25.4. The number of anilines is 2. The monoisotopic (exact) mass is 274 g/mol. The van der Waals surface area contributed by atoms with Crippen LogP contribution < -0.4 is 10.6 Å². The second kappa shape index (κ2) is 5.15. The van der Waals surface area contributed by atoms with E-state index in [4.69, 9.17) is 4.74 Å². The van der Waals surface area contributed by atoms with Crippen molar-refractivity contribution in [1.29, 1.82) is 0 Å². The molecular formula is C15H18N2O3. The molecule has 0 bridgehead atoms. The summed E-state index contributed by atoms with van der Waals surface area (Å²) in [6.07, 6.45) is 2.94. The van der Waals surface area contributed by atoms with Gasteiger partial charge < -0.3 is 15.4 Å². The van der Waals surface area contributed by atoms with Crippen LogP contribution in [0.3, 0.4) is 0 Å². The number of nitrogens with one attached hydrogen (secondary N) is 2. The zero-order chi connectivity index (χ0) is 14.1. The number of benzene rings is 1. The van der Waals surface area contributed by atoms with Crippen molar-refractivity contribution in [3.8, 4) is 0 Å². The predicted octanol–water partition coefficient (Wildman–Crippen LogP) is 2.08. The lowest BCUT2D eigenvalue weighted by atomic mass is 10.1. The SMILES string of the molecule is C[C@H]1C[C@@H](Nc2ccc3c(c2)CCCC(=O)N3)C(=O)O1. The van der Waals surface area contributed by atoms with E-state index in [9.17, 15) is 9.59 Å². The summed E-state index contributed by atoms with van der Waals surface area (Å²) in [6.45, 7) is 1.89. The molecule has 0 aromatic heterocycles. The number of fused-ring (bicyclic) bond motifs is 1. The number of hydrogen-bond acceptors (Lipinski definition) is 4. The Hall–Kier alpha value is -2.04. The van der Waals surface area contributed by atoms with Crippen molar-refractivity contribution >= 4 is 23.3 Å². The standard InChI is InChI=1S/C15H18N2O3/c1-9-7-13(15(19)20-9)16-11-5-6-12-10(8-11)3-2-4-14(18)17-12/h5-6,8-9,13,16H,2-4,7H2,1H3,(H,17,18)/t9-,13+/m0/s1. The van der Waals surface area contributed by atoms with Crippen molar-refractivity contribution < 1.29 is 14.3 Å². The van der Waals surface area contributed by atoms with Gasteiger partial charge in [0.15, 0.2) is 0 Å². The molecule has 5 nitrogen and oxygen atoms in total. The number of carbonyl (C=O) groups is 2. The molecule has 5 heteroatoms. The topological polar surface area (TPSA) is 67.4 Å². The maximum atomic E-state index is 11.6. The molecular weight excluding hydrogens is 256 g/mol. The number of carbonyl (C=O) groups excluding carboxylic acids is 2. The van der Waals surface area contributed by atoms with Crippen LogP contribution in [-0.2, 0) is 20.7 Å². The van der Waals surface area contributed by atoms with Gasteiger partial charge in [0.1, 0.15) is 12.1 Å². The summed E-state index contributed by atoms with van der Waals surface area (Å²) >= 11 is 0. The highest BCUT2D eigenvalue weighted by atomic mass is 16.6. The predicted molar refractivity (Wildman–Crippen MR) is 75.6 cm³/mol. The molecule has 106 valence electrons. The van der Waals surface area contributed by atoms with E-state index in [1.54, 1.807) is 0 Å². The number of aryl methyl sites for hydroxylation is 1. The molecule has 1 fully saturated rings. The minimum Gasteiger partial charge on any atom is -0.461 e. The van der Waals surface area contributed by atoms with E-state index in [-0.39, 0.29) is 24.0 Å². The average Bonchev–Trinajstić information content (AvgIpc) is 2.59. The van der Waals surface area contributed by atoms with Gasteiger partial charge in [0.25, 0.3) is 0 Å². The summed E-state index contributed by atoms with van der Waals surface area (Å²) in [4.78, 5) is 23.1. The smallest absolute Gasteiger partial charge is 0.328 e. The van der Waals surface area contributed by atoms with Gasteiger partial charge in [-0.3, -0.25) is 4.79 Å². The van der Waals surface area contributed by atoms with Gasteiger partial charge in [-0.2, -0.15) is 0 Å². The maximum Gasteiger partial charge on any atom is 0.328 e. The van der Waals surface area contributed by atoms with Crippen LogP contribution in [0, 0.1) is 0 Å². The lowest BCUT2D eigenvalue weighted by Gasteiger charge is -2.13. The summed E-state index contributed by atoms with van der Waals surface area (Å²) < 4.78 is 5.13. The van der Waals surface area contributed by atoms with E-state index in [1.807, 2.05) is 25.1 Å². The molecule has 1 aromatic rings. The Morgan fingerprint density at radius 3 is 2.90 bits per heavy atom. The molecule has 0 radical (unpaired) electrons. The molecule has 1 saturated heterocycles. The molecule has 2 atom stereocenters. The van der Waals surface area contributed by atoms with Crippen LogP contribution in [0.5, 0.6) is 0 Å². The summed E-state index contributed by atoms with van der Waals surface area (Å²) in [5.41, 5.74) is 2.89. The van der Waals surface area contributed by atoms with Crippen molar-refractivity contribution in [2.75, 3.05) is 10.6 Å². The third-order valence-corrected chi connectivity index (χ3v) is 3.74. The zero-order valence-corrected chi connectivity index (χ0v) is 11.4. The quantitative estimate of drug-likeness (QED) is 0.810. The molecule has 0 aliphatic carbocycles. The van der Waals surface area contributed by atoms with Gasteiger partial charge in [0.2, 0.25) is 5.91 Å². The van der Waals surface area contributed by atoms with Crippen molar-refractivity contribution in [1.82, 2.24) is 0 Å². The number of ether oxygens (including phenoxy) is 1. The highest BCUT2D eigenvalue weighted by Gasteiger charge is 2.31. The Kier molecular flexibility index (Phi) is 3.34. The average molecular weight is 274 g/mol. The summed E-state index contributed by atoms with van der Waals surface area (Å²) in [5.74, 6) is -0.126. The number of cyclic esters (lactones) is 1. The first-order valence-electron chi connectivity index (χ1n) is 7.01.